The van der Waals surface area contributed by atoms with Crippen molar-refractivity contribution in [1.29, 1.82) is 0 Å². The van der Waals surface area contributed by atoms with Crippen LogP contribution in [0.1, 0.15) is 38.1 Å². The van der Waals surface area contributed by atoms with Gasteiger partial charge in [0.15, 0.2) is 0 Å². The van der Waals surface area contributed by atoms with Crippen LogP contribution in [0.5, 0.6) is 0 Å². The van der Waals surface area contributed by atoms with Crippen molar-refractivity contribution in [3.05, 3.63) is 75.7 Å². The molecule has 3 aromatic rings. The monoisotopic (exact) mass is 501 g/mol. The summed E-state index contributed by atoms with van der Waals surface area (Å²) in [5, 5.41) is 13.6. The van der Waals surface area contributed by atoms with Crippen molar-refractivity contribution in [1.82, 2.24) is 15.6 Å². The smallest absolute Gasteiger partial charge is 0.407 e. The molecule has 1 aromatic heterocycles. The summed E-state index contributed by atoms with van der Waals surface area (Å²) in [6, 6.07) is 14.1. The number of carboxylic acid groups (broad SMARTS) is 1. The van der Waals surface area contributed by atoms with Crippen LogP contribution >= 0.6 is 11.3 Å². The van der Waals surface area contributed by atoms with Crippen molar-refractivity contribution < 1.29 is 33.0 Å². The van der Waals surface area contributed by atoms with Crippen molar-refractivity contribution in [2.75, 3.05) is 6.61 Å². The fourth-order valence-corrected chi connectivity index (χ4v) is 4.69. The van der Waals surface area contributed by atoms with Crippen LogP contribution in [0.4, 0.5) is 13.6 Å². The molecule has 1 heterocycles. The number of aromatic nitrogens is 1. The average Bonchev–Trinajstić information content (AvgIpc) is 3.44. The van der Waals surface area contributed by atoms with E-state index < -0.39 is 36.9 Å². The first kappa shape index (κ1) is 24.3. The van der Waals surface area contributed by atoms with Gasteiger partial charge in [-0.1, -0.05) is 48.5 Å². The van der Waals surface area contributed by atoms with E-state index in [9.17, 15) is 23.2 Å². The summed E-state index contributed by atoms with van der Waals surface area (Å²) in [5.74, 6) is -2.40. The molecule has 0 saturated carbocycles. The Morgan fingerprint density at radius 3 is 2.29 bits per heavy atom. The maximum atomic E-state index is 12.9. The third-order valence-electron chi connectivity index (χ3n) is 5.52. The maximum Gasteiger partial charge on any atom is 0.407 e. The Kier molecular flexibility index (Phi) is 7.35. The Hall–Kier alpha value is -3.86. The normalized spacial score (nSPS) is 13.1. The molecule has 3 N–H and O–H groups in total. The number of nitrogens with one attached hydrogen (secondary N) is 2. The van der Waals surface area contributed by atoms with E-state index >= 15 is 0 Å². The molecule has 4 rings (SSSR count). The van der Waals surface area contributed by atoms with Crippen LogP contribution in [0.25, 0.3) is 11.1 Å². The molecule has 2 aromatic carbocycles. The summed E-state index contributed by atoms with van der Waals surface area (Å²) in [6.45, 7) is 0.117. The van der Waals surface area contributed by atoms with Crippen LogP contribution in [-0.2, 0) is 16.1 Å². The Morgan fingerprint density at radius 2 is 1.69 bits per heavy atom. The van der Waals surface area contributed by atoms with Gasteiger partial charge in [0.05, 0.1) is 19.2 Å². The van der Waals surface area contributed by atoms with Gasteiger partial charge in [0.1, 0.15) is 22.5 Å². The largest absolute Gasteiger partial charge is 0.481 e. The number of benzene rings is 2. The Bertz CT molecular complexity index is 1200. The molecule has 35 heavy (non-hydrogen) atoms. The van der Waals surface area contributed by atoms with Crippen molar-refractivity contribution >= 4 is 29.3 Å². The highest BCUT2D eigenvalue weighted by molar-refractivity contribution is 7.13. The van der Waals surface area contributed by atoms with Crippen molar-refractivity contribution in [2.24, 2.45) is 0 Å². The number of hydrogen-bond acceptors (Lipinski definition) is 6. The molecule has 1 aliphatic rings. The SMILES string of the molecule is O=C(O)CC(NC(=O)c1cnc(CNC(=O)OCC2c3ccccc3-c3ccccc32)s1)C(F)F. The van der Waals surface area contributed by atoms with Crippen LogP contribution in [0.15, 0.2) is 54.7 Å². The summed E-state index contributed by atoms with van der Waals surface area (Å²) in [5.41, 5.74) is 4.40. The fourth-order valence-electron chi connectivity index (χ4n) is 3.92. The van der Waals surface area contributed by atoms with Crippen molar-refractivity contribution in [3.63, 3.8) is 0 Å². The highest BCUT2D eigenvalue weighted by Crippen LogP contribution is 2.44. The van der Waals surface area contributed by atoms with Gasteiger partial charge in [-0.25, -0.2) is 18.6 Å². The minimum absolute atomic E-state index is 0.0189. The number of carbonyl (C=O) groups is 3. The molecule has 11 heteroatoms. The van der Waals surface area contributed by atoms with E-state index in [0.29, 0.717) is 5.01 Å². The summed E-state index contributed by atoms with van der Waals surface area (Å²) in [6.07, 6.45) is -3.42. The van der Waals surface area contributed by atoms with Gasteiger partial charge in [-0.05, 0) is 22.3 Å². The van der Waals surface area contributed by atoms with Crippen LogP contribution in [0.3, 0.4) is 0 Å². The molecule has 0 spiro atoms. The van der Waals surface area contributed by atoms with Gasteiger partial charge in [-0.3, -0.25) is 9.59 Å². The number of ether oxygens (including phenoxy) is 1. The lowest BCUT2D eigenvalue weighted by molar-refractivity contribution is -0.138. The lowest BCUT2D eigenvalue weighted by Gasteiger charge is -2.15. The van der Waals surface area contributed by atoms with Gasteiger partial charge >= 0.3 is 12.1 Å². The number of alkyl carbamates (subject to hydrolysis) is 1. The number of rotatable bonds is 9. The summed E-state index contributed by atoms with van der Waals surface area (Å²) in [4.78, 5) is 39.2. The van der Waals surface area contributed by atoms with E-state index in [1.165, 1.54) is 6.20 Å². The number of amides is 2. The van der Waals surface area contributed by atoms with Crippen LogP contribution in [-0.4, -0.2) is 47.1 Å². The van der Waals surface area contributed by atoms with E-state index in [0.717, 1.165) is 33.6 Å². The van der Waals surface area contributed by atoms with Gasteiger partial charge in [-0.15, -0.1) is 11.3 Å². The van der Waals surface area contributed by atoms with E-state index in [1.54, 1.807) is 0 Å². The number of nitrogens with zero attached hydrogens (tertiary/aromatic N) is 1. The third-order valence-corrected chi connectivity index (χ3v) is 6.52. The highest BCUT2D eigenvalue weighted by atomic mass is 32.1. The molecule has 1 atom stereocenters. The first-order valence-corrected chi connectivity index (χ1v) is 11.5. The first-order valence-electron chi connectivity index (χ1n) is 10.7. The first-order chi connectivity index (χ1) is 16.8. The van der Waals surface area contributed by atoms with Gasteiger partial charge in [0.2, 0.25) is 0 Å². The molecule has 8 nitrogen and oxygen atoms in total. The lowest BCUT2D eigenvalue weighted by Crippen LogP contribution is -2.41. The maximum absolute atomic E-state index is 12.9. The minimum atomic E-state index is -3.03. The Balaban J connectivity index is 1.30. The summed E-state index contributed by atoms with van der Waals surface area (Å²) in [7, 11) is 0. The van der Waals surface area contributed by atoms with E-state index in [1.807, 2.05) is 53.8 Å². The zero-order valence-corrected chi connectivity index (χ0v) is 19.1. The van der Waals surface area contributed by atoms with E-state index in [2.05, 4.69) is 10.3 Å². The predicted molar refractivity (Wildman–Crippen MR) is 124 cm³/mol. The molecule has 2 amide bonds. The molecule has 0 bridgehead atoms. The number of thiazole rings is 1. The number of alkyl halides is 2. The summed E-state index contributed by atoms with van der Waals surface area (Å²) >= 11 is 0.895. The van der Waals surface area contributed by atoms with Crippen molar-refractivity contribution in [3.8, 4) is 11.1 Å². The fraction of sp³-hybridized carbons (Fsp3) is 0.250. The Labute approximate surface area is 203 Å². The highest BCUT2D eigenvalue weighted by Gasteiger charge is 2.29. The Morgan fingerprint density at radius 1 is 1.06 bits per heavy atom. The minimum Gasteiger partial charge on any atom is -0.481 e. The van der Waals surface area contributed by atoms with Gasteiger partial charge in [0.25, 0.3) is 12.3 Å². The van der Waals surface area contributed by atoms with Crippen LogP contribution in [0, 0.1) is 0 Å². The molecule has 0 radical (unpaired) electrons. The molecular formula is C24H21F2N3O5S. The lowest BCUT2D eigenvalue weighted by atomic mass is 9.98. The molecule has 182 valence electrons. The van der Waals surface area contributed by atoms with Crippen LogP contribution < -0.4 is 10.6 Å². The number of fused-ring (bicyclic) bond motifs is 3. The molecular weight excluding hydrogens is 480 g/mol. The standard InChI is InChI=1S/C24H21F2N3O5S/c25-22(26)18(9-21(30)31)29-23(32)19-10-27-20(35-19)11-28-24(33)34-12-17-15-7-3-1-5-13(15)14-6-2-4-8-16(14)17/h1-8,10,17-18,22H,9,11-12H2,(H,28,33)(H,29,32)(H,30,31). The zero-order chi connectivity index (χ0) is 24.9. The van der Waals surface area contributed by atoms with Gasteiger partial charge < -0.3 is 20.5 Å². The second kappa shape index (κ2) is 10.6. The van der Waals surface area contributed by atoms with Gasteiger partial charge in [0, 0.05) is 5.92 Å². The second-order valence-corrected chi connectivity index (χ2v) is 8.92. The van der Waals surface area contributed by atoms with Crippen molar-refractivity contribution in [2.45, 2.75) is 31.4 Å². The summed E-state index contributed by atoms with van der Waals surface area (Å²) < 4.78 is 31.3. The third kappa shape index (κ3) is 5.62. The topological polar surface area (TPSA) is 118 Å². The quantitative estimate of drug-likeness (QED) is 0.408. The van der Waals surface area contributed by atoms with E-state index in [4.69, 9.17) is 9.84 Å². The number of halogens is 2. The molecule has 0 aliphatic heterocycles. The second-order valence-electron chi connectivity index (χ2n) is 7.81. The molecule has 1 unspecified atom stereocenters. The average molecular weight is 502 g/mol. The van der Waals surface area contributed by atoms with E-state index in [-0.39, 0.29) is 23.9 Å². The zero-order valence-electron chi connectivity index (χ0n) is 18.2. The predicted octanol–water partition coefficient (Wildman–Crippen LogP) is 4.02. The number of aliphatic carboxylic acids is 1. The number of carboxylic acids is 1. The molecule has 0 fully saturated rings. The molecule has 1 aliphatic carbocycles. The van der Waals surface area contributed by atoms with Crippen LogP contribution in [0.2, 0.25) is 0 Å². The number of carbonyl (C=O) groups excluding carboxylic acids is 2. The van der Waals surface area contributed by atoms with Gasteiger partial charge in [-0.2, -0.15) is 0 Å². The number of hydrogen-bond donors (Lipinski definition) is 3. The molecule has 0 saturated heterocycles.